The zero-order valence-corrected chi connectivity index (χ0v) is 11.2. The summed E-state index contributed by atoms with van der Waals surface area (Å²) in [7, 11) is -3.79. The summed E-state index contributed by atoms with van der Waals surface area (Å²) in [6, 6.07) is 4.89. The van der Waals surface area contributed by atoms with Crippen LogP contribution in [0.15, 0.2) is 24.3 Å². The third-order valence-electron chi connectivity index (χ3n) is 3.11. The summed E-state index contributed by atoms with van der Waals surface area (Å²) in [4.78, 5) is 23.5. The van der Waals surface area contributed by atoms with Crippen LogP contribution >= 0.6 is 0 Å². The second-order valence-electron chi connectivity index (χ2n) is 4.76. The van der Waals surface area contributed by atoms with Crippen LogP contribution in [-0.2, 0) is 14.8 Å². The molecule has 1 fully saturated rings. The van der Waals surface area contributed by atoms with Gasteiger partial charge in [-0.2, -0.15) is 0 Å². The standard InChI is InChI=1S/C12H12FNO4S/c1-12(2)11(16)14(19(12,17)18)7-10(15)8-4-3-5-9(13)6-8/h3-6H,7H2,1-2H3. The van der Waals surface area contributed by atoms with Crippen LogP contribution in [0.2, 0.25) is 0 Å². The van der Waals surface area contributed by atoms with E-state index in [0.29, 0.717) is 4.31 Å². The predicted molar refractivity (Wildman–Crippen MR) is 65.4 cm³/mol. The predicted octanol–water partition coefficient (Wildman–Crippen LogP) is 0.959. The number of rotatable bonds is 3. The fourth-order valence-electron chi connectivity index (χ4n) is 1.80. The number of nitrogens with zero attached hydrogens (tertiary/aromatic N) is 1. The SMILES string of the molecule is CC1(C)C(=O)N(CC(=O)c2cccc(F)c2)S1(=O)=O. The smallest absolute Gasteiger partial charge is 0.259 e. The highest BCUT2D eigenvalue weighted by molar-refractivity contribution is 7.94. The maximum Gasteiger partial charge on any atom is 0.259 e. The Morgan fingerprint density at radius 2 is 2.00 bits per heavy atom. The van der Waals surface area contributed by atoms with Crippen molar-refractivity contribution in [3.05, 3.63) is 35.6 Å². The molecule has 0 radical (unpaired) electrons. The van der Waals surface area contributed by atoms with Gasteiger partial charge in [0.05, 0.1) is 0 Å². The largest absolute Gasteiger partial charge is 0.292 e. The molecule has 0 saturated carbocycles. The number of Topliss-reactive ketones (excluding diaryl/α,β-unsaturated/α-hetero) is 1. The van der Waals surface area contributed by atoms with E-state index in [1.807, 2.05) is 0 Å². The lowest BCUT2D eigenvalue weighted by Crippen LogP contribution is -2.68. The van der Waals surface area contributed by atoms with Crippen molar-refractivity contribution >= 4 is 21.7 Å². The number of hydrogen-bond donors (Lipinski definition) is 0. The van der Waals surface area contributed by atoms with Crippen LogP contribution in [0.3, 0.4) is 0 Å². The summed E-state index contributed by atoms with van der Waals surface area (Å²) in [6.45, 7) is 1.98. The van der Waals surface area contributed by atoms with Crippen LogP contribution in [0.25, 0.3) is 0 Å². The number of benzene rings is 1. The number of ketones is 1. The number of halogens is 1. The summed E-state index contributed by atoms with van der Waals surface area (Å²) < 4.78 is 35.6. The average molecular weight is 285 g/mol. The third kappa shape index (κ3) is 1.94. The maximum atomic E-state index is 13.0. The van der Waals surface area contributed by atoms with E-state index in [1.165, 1.54) is 32.0 Å². The van der Waals surface area contributed by atoms with Crippen molar-refractivity contribution in [1.82, 2.24) is 4.31 Å². The number of hydrogen-bond acceptors (Lipinski definition) is 4. The molecule has 1 aliphatic rings. The van der Waals surface area contributed by atoms with Crippen molar-refractivity contribution in [3.63, 3.8) is 0 Å². The molecule has 0 N–H and O–H groups in total. The maximum absolute atomic E-state index is 13.0. The minimum absolute atomic E-state index is 0.0349. The van der Waals surface area contributed by atoms with Gasteiger partial charge in [0, 0.05) is 5.56 Å². The minimum atomic E-state index is -3.79. The summed E-state index contributed by atoms with van der Waals surface area (Å²) in [6.07, 6.45) is 0. The van der Waals surface area contributed by atoms with Crippen molar-refractivity contribution in [2.45, 2.75) is 18.6 Å². The zero-order valence-electron chi connectivity index (χ0n) is 10.4. The molecule has 2 rings (SSSR count). The molecule has 1 saturated heterocycles. The van der Waals surface area contributed by atoms with Gasteiger partial charge in [0.25, 0.3) is 15.9 Å². The first-order chi connectivity index (χ1) is 8.68. The quantitative estimate of drug-likeness (QED) is 0.775. The molecule has 5 nitrogen and oxygen atoms in total. The number of carbonyl (C=O) groups is 2. The first kappa shape index (κ1) is 13.7. The van der Waals surface area contributed by atoms with Gasteiger partial charge in [-0.1, -0.05) is 12.1 Å². The Kier molecular flexibility index (Phi) is 2.97. The average Bonchev–Trinajstić information content (AvgIpc) is 2.34. The Morgan fingerprint density at radius 1 is 1.37 bits per heavy atom. The van der Waals surface area contributed by atoms with E-state index in [2.05, 4.69) is 0 Å². The molecular formula is C12H12FNO4S. The van der Waals surface area contributed by atoms with Crippen molar-refractivity contribution in [3.8, 4) is 0 Å². The Morgan fingerprint density at radius 3 is 2.53 bits per heavy atom. The molecule has 0 unspecified atom stereocenters. The molecule has 0 bridgehead atoms. The fraction of sp³-hybridized carbons (Fsp3) is 0.333. The number of carbonyl (C=O) groups excluding carboxylic acids is 2. The molecule has 0 spiro atoms. The molecule has 1 aromatic carbocycles. The first-order valence-corrected chi connectivity index (χ1v) is 6.97. The summed E-state index contributed by atoms with van der Waals surface area (Å²) in [5.74, 6) is -1.84. The highest BCUT2D eigenvalue weighted by atomic mass is 32.2. The van der Waals surface area contributed by atoms with Crippen LogP contribution in [0.4, 0.5) is 4.39 Å². The van der Waals surface area contributed by atoms with Crippen molar-refractivity contribution < 1.29 is 22.4 Å². The molecule has 1 aromatic rings. The van der Waals surface area contributed by atoms with Gasteiger partial charge >= 0.3 is 0 Å². The molecule has 7 heteroatoms. The Hall–Kier alpha value is -1.76. The normalized spacial score (nSPS) is 19.9. The minimum Gasteiger partial charge on any atom is -0.292 e. The molecule has 1 amide bonds. The van der Waals surface area contributed by atoms with Gasteiger partial charge in [-0.25, -0.2) is 17.1 Å². The molecular weight excluding hydrogens is 273 g/mol. The Bertz CT molecular complexity index is 666. The molecule has 1 aliphatic heterocycles. The second-order valence-corrected chi connectivity index (χ2v) is 7.17. The van der Waals surface area contributed by atoms with Crippen molar-refractivity contribution in [2.75, 3.05) is 6.54 Å². The van der Waals surface area contributed by atoms with Crippen molar-refractivity contribution in [1.29, 1.82) is 0 Å². The van der Waals surface area contributed by atoms with Gasteiger partial charge in [0.15, 0.2) is 10.5 Å². The molecule has 19 heavy (non-hydrogen) atoms. The van der Waals surface area contributed by atoms with Gasteiger partial charge in [0.1, 0.15) is 12.4 Å². The third-order valence-corrected chi connectivity index (χ3v) is 5.45. The van der Waals surface area contributed by atoms with E-state index in [1.54, 1.807) is 0 Å². The monoisotopic (exact) mass is 285 g/mol. The van der Waals surface area contributed by atoms with Crippen LogP contribution < -0.4 is 0 Å². The van der Waals surface area contributed by atoms with Gasteiger partial charge < -0.3 is 0 Å². The Labute approximate surface area is 110 Å². The van der Waals surface area contributed by atoms with Gasteiger partial charge in [-0.3, -0.25) is 9.59 Å². The lowest BCUT2D eigenvalue weighted by molar-refractivity contribution is -0.131. The molecule has 1 heterocycles. The summed E-state index contributed by atoms with van der Waals surface area (Å²) >= 11 is 0. The topological polar surface area (TPSA) is 71.5 Å². The van der Waals surface area contributed by atoms with E-state index < -0.39 is 38.8 Å². The van der Waals surface area contributed by atoms with Crippen LogP contribution in [0, 0.1) is 5.82 Å². The van der Waals surface area contributed by atoms with E-state index in [9.17, 15) is 22.4 Å². The van der Waals surface area contributed by atoms with E-state index in [0.717, 1.165) is 6.07 Å². The van der Waals surface area contributed by atoms with Gasteiger partial charge in [0.2, 0.25) is 0 Å². The lowest BCUT2D eigenvalue weighted by Gasteiger charge is -2.42. The summed E-state index contributed by atoms with van der Waals surface area (Å²) in [5, 5.41) is 0. The zero-order chi connectivity index (χ0) is 14.4. The number of sulfonamides is 1. The van der Waals surface area contributed by atoms with Crippen LogP contribution in [0.5, 0.6) is 0 Å². The second kappa shape index (κ2) is 4.12. The highest BCUT2D eigenvalue weighted by Crippen LogP contribution is 2.34. The van der Waals surface area contributed by atoms with Crippen LogP contribution in [-0.4, -0.2) is 35.7 Å². The highest BCUT2D eigenvalue weighted by Gasteiger charge is 2.60. The van der Waals surface area contributed by atoms with Crippen LogP contribution in [0.1, 0.15) is 24.2 Å². The molecule has 0 aliphatic carbocycles. The van der Waals surface area contributed by atoms with Crippen molar-refractivity contribution in [2.24, 2.45) is 0 Å². The van der Waals surface area contributed by atoms with E-state index in [-0.39, 0.29) is 5.56 Å². The Balaban J connectivity index is 2.20. The molecule has 0 atom stereocenters. The van der Waals surface area contributed by atoms with Gasteiger partial charge in [-0.05, 0) is 26.0 Å². The molecule has 102 valence electrons. The van der Waals surface area contributed by atoms with E-state index in [4.69, 9.17) is 0 Å². The van der Waals surface area contributed by atoms with Gasteiger partial charge in [-0.15, -0.1) is 0 Å². The lowest BCUT2D eigenvalue weighted by atomic mass is 10.1. The summed E-state index contributed by atoms with van der Waals surface area (Å²) in [5.41, 5.74) is 0.0349. The number of amides is 1. The molecule has 0 aromatic heterocycles. The fourth-order valence-corrected chi connectivity index (χ4v) is 3.28. The first-order valence-electron chi connectivity index (χ1n) is 5.53. The van der Waals surface area contributed by atoms with E-state index >= 15 is 0 Å².